The lowest BCUT2D eigenvalue weighted by atomic mass is 9.66. The molecule has 94 valence electrons. The fourth-order valence-corrected chi connectivity index (χ4v) is 3.23. The Labute approximate surface area is 97.7 Å². The Balaban J connectivity index is 2.08. The minimum Gasteiger partial charge on any atom is -0.375 e. The molecule has 1 aliphatic carbocycles. The largest absolute Gasteiger partial charge is 0.375 e. The van der Waals surface area contributed by atoms with E-state index >= 15 is 0 Å². The zero-order valence-electron chi connectivity index (χ0n) is 10.5. The molecule has 1 saturated heterocycles. The number of ether oxygens (including phenoxy) is 1. The monoisotopic (exact) mass is 229 g/mol. The van der Waals surface area contributed by atoms with Gasteiger partial charge in [0.25, 0.3) is 0 Å². The molecule has 0 bridgehead atoms. The van der Waals surface area contributed by atoms with Gasteiger partial charge in [0.1, 0.15) is 5.67 Å². The second-order valence-corrected chi connectivity index (χ2v) is 5.86. The summed E-state index contributed by atoms with van der Waals surface area (Å²) in [6, 6.07) is 0. The van der Waals surface area contributed by atoms with Crippen molar-refractivity contribution in [2.45, 2.75) is 57.2 Å². The van der Waals surface area contributed by atoms with E-state index in [1.807, 2.05) is 13.8 Å². The average molecular weight is 229 g/mol. The van der Waals surface area contributed by atoms with Crippen LogP contribution in [0.5, 0.6) is 0 Å². The van der Waals surface area contributed by atoms with Gasteiger partial charge in [0, 0.05) is 13.2 Å². The first-order valence-electron chi connectivity index (χ1n) is 6.55. The molecule has 0 radical (unpaired) electrons. The van der Waals surface area contributed by atoms with Gasteiger partial charge in [-0.25, -0.2) is 4.39 Å². The lowest BCUT2D eigenvalue weighted by molar-refractivity contribution is -0.167. The third-order valence-electron chi connectivity index (χ3n) is 4.71. The van der Waals surface area contributed by atoms with Crippen LogP contribution < -0.4 is 5.73 Å². The molecule has 0 aromatic rings. The highest BCUT2D eigenvalue weighted by Gasteiger charge is 2.50. The molecule has 0 aromatic heterocycles. The van der Waals surface area contributed by atoms with Crippen molar-refractivity contribution in [3.05, 3.63) is 0 Å². The van der Waals surface area contributed by atoms with Gasteiger partial charge in [0.15, 0.2) is 0 Å². The standard InChI is InChI=1S/C13H24FNO/c1-10(2)13(14,9-15)11-4-7-16-12(8-11)5-3-6-12/h10-11H,3-9,15H2,1-2H3. The minimum atomic E-state index is -1.20. The van der Waals surface area contributed by atoms with E-state index in [9.17, 15) is 4.39 Å². The van der Waals surface area contributed by atoms with Crippen LogP contribution in [-0.2, 0) is 4.74 Å². The van der Waals surface area contributed by atoms with Gasteiger partial charge in [-0.15, -0.1) is 0 Å². The molecule has 1 heterocycles. The van der Waals surface area contributed by atoms with Crippen molar-refractivity contribution < 1.29 is 9.13 Å². The topological polar surface area (TPSA) is 35.2 Å². The average Bonchev–Trinajstić information content (AvgIpc) is 2.25. The predicted molar refractivity (Wildman–Crippen MR) is 63.0 cm³/mol. The van der Waals surface area contributed by atoms with Crippen LogP contribution in [0.3, 0.4) is 0 Å². The van der Waals surface area contributed by atoms with Gasteiger partial charge in [-0.3, -0.25) is 0 Å². The van der Waals surface area contributed by atoms with Gasteiger partial charge < -0.3 is 10.5 Å². The van der Waals surface area contributed by atoms with Crippen LogP contribution in [-0.4, -0.2) is 24.4 Å². The summed E-state index contributed by atoms with van der Waals surface area (Å²) in [7, 11) is 0. The molecule has 1 aliphatic heterocycles. The lowest BCUT2D eigenvalue weighted by Gasteiger charge is -2.50. The highest BCUT2D eigenvalue weighted by atomic mass is 19.1. The Kier molecular flexibility index (Phi) is 3.28. The maximum atomic E-state index is 14.9. The van der Waals surface area contributed by atoms with Gasteiger partial charge in [-0.2, -0.15) is 0 Å². The second kappa shape index (κ2) is 4.26. The van der Waals surface area contributed by atoms with Gasteiger partial charge in [-0.05, 0) is 43.9 Å². The van der Waals surface area contributed by atoms with E-state index in [-0.39, 0.29) is 24.0 Å². The molecule has 2 atom stereocenters. The van der Waals surface area contributed by atoms with E-state index < -0.39 is 5.67 Å². The fraction of sp³-hybridized carbons (Fsp3) is 1.00. The third kappa shape index (κ3) is 1.88. The molecule has 0 amide bonds. The predicted octanol–water partition coefficient (Wildman–Crippen LogP) is 2.66. The number of halogens is 1. The number of nitrogens with two attached hydrogens (primary N) is 1. The van der Waals surface area contributed by atoms with Gasteiger partial charge in [0.05, 0.1) is 5.60 Å². The molecule has 2 N–H and O–H groups in total. The highest BCUT2D eigenvalue weighted by molar-refractivity contribution is 5.01. The Morgan fingerprint density at radius 2 is 2.19 bits per heavy atom. The van der Waals surface area contributed by atoms with E-state index in [2.05, 4.69) is 0 Å². The molecule has 0 aromatic carbocycles. The molecular formula is C13H24FNO. The highest BCUT2D eigenvalue weighted by Crippen LogP contribution is 2.48. The first-order chi connectivity index (χ1) is 7.52. The molecule has 2 fully saturated rings. The lowest BCUT2D eigenvalue weighted by Crippen LogP contribution is -2.54. The number of hydrogen-bond acceptors (Lipinski definition) is 2. The van der Waals surface area contributed by atoms with Gasteiger partial charge >= 0.3 is 0 Å². The van der Waals surface area contributed by atoms with Crippen LogP contribution in [0, 0.1) is 11.8 Å². The maximum Gasteiger partial charge on any atom is 0.128 e. The molecular weight excluding hydrogens is 205 g/mol. The maximum absolute atomic E-state index is 14.9. The van der Waals surface area contributed by atoms with Crippen molar-refractivity contribution in [1.82, 2.24) is 0 Å². The van der Waals surface area contributed by atoms with Crippen molar-refractivity contribution in [2.24, 2.45) is 17.6 Å². The van der Waals surface area contributed by atoms with Crippen molar-refractivity contribution in [1.29, 1.82) is 0 Å². The number of rotatable bonds is 3. The molecule has 16 heavy (non-hydrogen) atoms. The summed E-state index contributed by atoms with van der Waals surface area (Å²) in [5.41, 5.74) is 4.49. The molecule has 2 aliphatic rings. The second-order valence-electron chi connectivity index (χ2n) is 5.86. The molecule has 2 unspecified atom stereocenters. The summed E-state index contributed by atoms with van der Waals surface area (Å²) in [6.07, 6.45) is 5.16. The first-order valence-corrected chi connectivity index (χ1v) is 6.55. The van der Waals surface area contributed by atoms with E-state index in [1.165, 1.54) is 6.42 Å². The van der Waals surface area contributed by atoms with E-state index in [1.54, 1.807) is 0 Å². The Morgan fingerprint density at radius 1 is 1.50 bits per heavy atom. The number of hydrogen-bond donors (Lipinski definition) is 1. The summed E-state index contributed by atoms with van der Waals surface area (Å²) in [5.74, 6) is 0.0873. The van der Waals surface area contributed by atoms with Crippen molar-refractivity contribution >= 4 is 0 Å². The minimum absolute atomic E-state index is 0.00211. The molecule has 1 spiro atoms. The zero-order valence-corrected chi connectivity index (χ0v) is 10.5. The summed E-state index contributed by atoms with van der Waals surface area (Å²) >= 11 is 0. The van der Waals surface area contributed by atoms with Crippen LogP contribution in [0.2, 0.25) is 0 Å². The van der Waals surface area contributed by atoms with Crippen molar-refractivity contribution in [2.75, 3.05) is 13.2 Å². The van der Waals surface area contributed by atoms with E-state index in [0.29, 0.717) is 6.61 Å². The van der Waals surface area contributed by atoms with Crippen LogP contribution in [0.25, 0.3) is 0 Å². The first kappa shape index (κ1) is 12.3. The molecule has 2 rings (SSSR count). The van der Waals surface area contributed by atoms with Gasteiger partial charge in [0.2, 0.25) is 0 Å². The SMILES string of the molecule is CC(C)C(F)(CN)C1CCOC2(CCC2)C1. The van der Waals surface area contributed by atoms with Crippen LogP contribution in [0.15, 0.2) is 0 Å². The fourth-order valence-electron chi connectivity index (χ4n) is 3.23. The number of alkyl halides is 1. The summed E-state index contributed by atoms with van der Waals surface area (Å²) in [4.78, 5) is 0. The van der Waals surface area contributed by atoms with Crippen LogP contribution >= 0.6 is 0 Å². The molecule has 3 heteroatoms. The summed E-state index contributed by atoms with van der Waals surface area (Å²) in [5, 5.41) is 0. The van der Waals surface area contributed by atoms with Crippen molar-refractivity contribution in [3.63, 3.8) is 0 Å². The van der Waals surface area contributed by atoms with Crippen molar-refractivity contribution in [3.8, 4) is 0 Å². The molecule has 2 nitrogen and oxygen atoms in total. The van der Waals surface area contributed by atoms with Crippen LogP contribution in [0.1, 0.15) is 46.0 Å². The van der Waals surface area contributed by atoms with Crippen LogP contribution in [0.4, 0.5) is 4.39 Å². The summed E-state index contributed by atoms with van der Waals surface area (Å²) in [6.45, 7) is 4.74. The van der Waals surface area contributed by atoms with E-state index in [0.717, 1.165) is 25.7 Å². The molecule has 1 saturated carbocycles. The Morgan fingerprint density at radius 3 is 2.62 bits per heavy atom. The Bertz CT molecular complexity index is 252. The van der Waals surface area contributed by atoms with Gasteiger partial charge in [-0.1, -0.05) is 13.8 Å². The summed E-state index contributed by atoms with van der Waals surface area (Å²) < 4.78 is 20.7. The Hall–Kier alpha value is -0.150. The normalized spacial score (nSPS) is 32.4. The quantitative estimate of drug-likeness (QED) is 0.807. The smallest absolute Gasteiger partial charge is 0.128 e. The third-order valence-corrected chi connectivity index (χ3v) is 4.71. The zero-order chi connectivity index (χ0) is 11.8. The van der Waals surface area contributed by atoms with E-state index in [4.69, 9.17) is 10.5 Å².